The molecule has 110 valence electrons. The van der Waals surface area contributed by atoms with Crippen LogP contribution in [0.3, 0.4) is 0 Å². The molecule has 8 heteroatoms. The molecule has 0 N–H and O–H groups in total. The quantitative estimate of drug-likeness (QED) is 0.833. The predicted molar refractivity (Wildman–Crippen MR) is 75.8 cm³/mol. The molecular weight excluding hydrogens is 300 g/mol. The summed E-state index contributed by atoms with van der Waals surface area (Å²) in [4.78, 5) is 16.4. The standard InChI is InChI=1S/C12H17ClN4O2S/c13-11-9(14-15-20-11)8-16-3-5-17(6-4-16)12(18)10-2-1-7-19-10/h10H,1-8H2/t10-/m0/s1. The molecule has 2 aliphatic rings. The van der Waals surface area contributed by atoms with Crippen LogP contribution in [0.15, 0.2) is 0 Å². The third-order valence-corrected chi connectivity index (χ3v) is 4.76. The third kappa shape index (κ3) is 3.11. The first-order valence-electron chi connectivity index (χ1n) is 6.83. The minimum Gasteiger partial charge on any atom is -0.368 e. The minimum atomic E-state index is -0.210. The smallest absolute Gasteiger partial charge is 0.251 e. The van der Waals surface area contributed by atoms with Gasteiger partial charge in [0.2, 0.25) is 0 Å². The molecule has 2 fully saturated rings. The molecule has 0 unspecified atom stereocenters. The van der Waals surface area contributed by atoms with Crippen LogP contribution >= 0.6 is 23.1 Å². The molecule has 20 heavy (non-hydrogen) atoms. The summed E-state index contributed by atoms with van der Waals surface area (Å²) in [6, 6.07) is 0. The highest BCUT2D eigenvalue weighted by Gasteiger charge is 2.30. The van der Waals surface area contributed by atoms with Gasteiger partial charge < -0.3 is 9.64 Å². The Morgan fingerprint density at radius 3 is 2.80 bits per heavy atom. The first kappa shape index (κ1) is 14.2. The van der Waals surface area contributed by atoms with Crippen LogP contribution in [0.25, 0.3) is 0 Å². The molecule has 2 aliphatic heterocycles. The SMILES string of the molecule is O=C([C@@H]1CCCO1)N1CCN(Cc2nnsc2Cl)CC1. The van der Waals surface area contributed by atoms with Gasteiger partial charge in [-0.3, -0.25) is 9.69 Å². The summed E-state index contributed by atoms with van der Waals surface area (Å²) in [5.41, 5.74) is 0.829. The van der Waals surface area contributed by atoms with E-state index in [9.17, 15) is 4.79 Å². The van der Waals surface area contributed by atoms with Crippen molar-refractivity contribution in [3.8, 4) is 0 Å². The van der Waals surface area contributed by atoms with Crippen LogP contribution < -0.4 is 0 Å². The number of rotatable bonds is 3. The molecule has 0 bridgehead atoms. The zero-order valence-electron chi connectivity index (χ0n) is 11.1. The monoisotopic (exact) mass is 316 g/mol. The van der Waals surface area contributed by atoms with Gasteiger partial charge in [-0.25, -0.2) is 0 Å². The molecule has 2 saturated heterocycles. The molecule has 0 spiro atoms. The van der Waals surface area contributed by atoms with Crippen molar-refractivity contribution in [2.45, 2.75) is 25.5 Å². The molecule has 3 heterocycles. The molecule has 6 nitrogen and oxygen atoms in total. The van der Waals surface area contributed by atoms with Crippen LogP contribution in [0.5, 0.6) is 0 Å². The third-order valence-electron chi connectivity index (χ3n) is 3.77. The molecule has 1 atom stereocenters. The normalized spacial score (nSPS) is 24.2. The van der Waals surface area contributed by atoms with Crippen LogP contribution in [-0.4, -0.2) is 64.2 Å². The van der Waals surface area contributed by atoms with Gasteiger partial charge in [-0.1, -0.05) is 16.1 Å². The van der Waals surface area contributed by atoms with Crippen molar-refractivity contribution >= 4 is 29.0 Å². The summed E-state index contributed by atoms with van der Waals surface area (Å²) in [5, 5.41) is 4.02. The van der Waals surface area contributed by atoms with E-state index in [0.29, 0.717) is 17.5 Å². The van der Waals surface area contributed by atoms with E-state index in [2.05, 4.69) is 14.5 Å². The van der Waals surface area contributed by atoms with Crippen molar-refractivity contribution in [1.29, 1.82) is 0 Å². The highest BCUT2D eigenvalue weighted by Crippen LogP contribution is 2.20. The average molecular weight is 317 g/mol. The minimum absolute atomic E-state index is 0.149. The molecule has 0 saturated carbocycles. The molecule has 1 amide bonds. The number of piperazine rings is 1. The van der Waals surface area contributed by atoms with E-state index < -0.39 is 0 Å². The van der Waals surface area contributed by atoms with E-state index in [0.717, 1.165) is 44.7 Å². The molecule has 1 aromatic rings. The molecule has 0 aliphatic carbocycles. The zero-order chi connectivity index (χ0) is 13.9. The maximum Gasteiger partial charge on any atom is 0.251 e. The summed E-state index contributed by atoms with van der Waals surface area (Å²) >= 11 is 7.22. The lowest BCUT2D eigenvalue weighted by Gasteiger charge is -2.35. The fraction of sp³-hybridized carbons (Fsp3) is 0.750. The van der Waals surface area contributed by atoms with Gasteiger partial charge in [0.1, 0.15) is 16.1 Å². The number of halogens is 1. The number of aromatic nitrogens is 2. The Hall–Kier alpha value is -0.760. The topological polar surface area (TPSA) is 58.6 Å². The zero-order valence-corrected chi connectivity index (χ0v) is 12.7. The number of carbonyl (C=O) groups excluding carboxylic acids is 1. The summed E-state index contributed by atoms with van der Waals surface area (Å²) in [6.07, 6.45) is 1.64. The van der Waals surface area contributed by atoms with Gasteiger partial charge in [0.05, 0.1) is 0 Å². The van der Waals surface area contributed by atoms with Gasteiger partial charge in [0.15, 0.2) is 0 Å². The second-order valence-electron chi connectivity index (χ2n) is 5.10. The Labute approximate surface area is 126 Å². The Morgan fingerprint density at radius 1 is 1.40 bits per heavy atom. The first-order valence-corrected chi connectivity index (χ1v) is 7.98. The molecule has 0 aromatic carbocycles. The van der Waals surface area contributed by atoms with Gasteiger partial charge in [0, 0.05) is 50.9 Å². The first-order chi connectivity index (χ1) is 9.74. The lowest BCUT2D eigenvalue weighted by atomic mass is 10.2. The average Bonchev–Trinajstić information content (AvgIpc) is 3.12. The number of ether oxygens (including phenoxy) is 1. The predicted octanol–water partition coefficient (Wildman–Crippen LogP) is 1.01. The maximum absolute atomic E-state index is 12.2. The second-order valence-corrected chi connectivity index (χ2v) is 6.45. The van der Waals surface area contributed by atoms with Gasteiger partial charge in [-0.2, -0.15) is 0 Å². The highest BCUT2D eigenvalue weighted by molar-refractivity contribution is 7.10. The molecule has 3 rings (SSSR count). The van der Waals surface area contributed by atoms with Crippen molar-refractivity contribution < 1.29 is 9.53 Å². The summed E-state index contributed by atoms with van der Waals surface area (Å²) in [5.74, 6) is 0.149. The fourth-order valence-electron chi connectivity index (χ4n) is 2.61. The Morgan fingerprint density at radius 2 is 2.20 bits per heavy atom. The van der Waals surface area contributed by atoms with Gasteiger partial charge >= 0.3 is 0 Å². The lowest BCUT2D eigenvalue weighted by Crippen LogP contribution is -2.51. The highest BCUT2D eigenvalue weighted by atomic mass is 35.5. The summed E-state index contributed by atoms with van der Waals surface area (Å²) in [7, 11) is 0. The second kappa shape index (κ2) is 6.34. The largest absolute Gasteiger partial charge is 0.368 e. The molecule has 1 aromatic heterocycles. The van der Waals surface area contributed by atoms with E-state index in [1.807, 2.05) is 4.90 Å². The van der Waals surface area contributed by atoms with E-state index in [1.54, 1.807) is 0 Å². The Kier molecular flexibility index (Phi) is 4.50. The fourth-order valence-corrected chi connectivity index (χ4v) is 3.22. The molecule has 0 radical (unpaired) electrons. The summed E-state index contributed by atoms with van der Waals surface area (Å²) in [6.45, 7) is 4.59. The van der Waals surface area contributed by atoms with Crippen LogP contribution in [0.2, 0.25) is 4.34 Å². The maximum atomic E-state index is 12.2. The van der Waals surface area contributed by atoms with Crippen molar-refractivity contribution in [3.05, 3.63) is 10.0 Å². The van der Waals surface area contributed by atoms with E-state index in [1.165, 1.54) is 11.5 Å². The number of nitrogens with zero attached hydrogens (tertiary/aromatic N) is 4. The van der Waals surface area contributed by atoms with E-state index >= 15 is 0 Å². The number of hydrogen-bond acceptors (Lipinski definition) is 6. The van der Waals surface area contributed by atoms with Crippen molar-refractivity contribution in [3.63, 3.8) is 0 Å². The van der Waals surface area contributed by atoms with Crippen LogP contribution in [0.4, 0.5) is 0 Å². The lowest BCUT2D eigenvalue weighted by molar-refractivity contribution is -0.142. The molecular formula is C12H17ClN4O2S. The van der Waals surface area contributed by atoms with Crippen LogP contribution in [-0.2, 0) is 16.1 Å². The van der Waals surface area contributed by atoms with Crippen molar-refractivity contribution in [1.82, 2.24) is 19.4 Å². The van der Waals surface area contributed by atoms with E-state index in [4.69, 9.17) is 16.3 Å². The van der Waals surface area contributed by atoms with Gasteiger partial charge in [-0.15, -0.1) is 5.10 Å². The number of amides is 1. The van der Waals surface area contributed by atoms with Crippen molar-refractivity contribution in [2.75, 3.05) is 32.8 Å². The Balaban J connectivity index is 1.49. The van der Waals surface area contributed by atoms with Gasteiger partial charge in [-0.05, 0) is 12.8 Å². The summed E-state index contributed by atoms with van der Waals surface area (Å²) < 4.78 is 9.95. The number of carbonyl (C=O) groups is 1. The van der Waals surface area contributed by atoms with Crippen LogP contribution in [0, 0.1) is 0 Å². The number of hydrogen-bond donors (Lipinski definition) is 0. The van der Waals surface area contributed by atoms with E-state index in [-0.39, 0.29) is 12.0 Å². The van der Waals surface area contributed by atoms with Crippen molar-refractivity contribution in [2.24, 2.45) is 0 Å². The van der Waals surface area contributed by atoms with Gasteiger partial charge in [0.25, 0.3) is 5.91 Å². The Bertz CT molecular complexity index is 470. The van der Waals surface area contributed by atoms with Crippen LogP contribution in [0.1, 0.15) is 18.5 Å².